The van der Waals surface area contributed by atoms with E-state index in [0.29, 0.717) is 17.0 Å². The molecule has 0 atom stereocenters. The Kier molecular flexibility index (Phi) is 6.34. The fourth-order valence-corrected chi connectivity index (χ4v) is 2.95. The van der Waals surface area contributed by atoms with Crippen molar-refractivity contribution in [2.24, 2.45) is 0 Å². The Morgan fingerprint density at radius 1 is 1.16 bits per heavy atom. The minimum Gasteiger partial charge on any atom is -0.398 e. The quantitative estimate of drug-likeness (QED) is 0.372. The minimum absolute atomic E-state index is 0.0179. The Morgan fingerprint density at radius 2 is 1.90 bits per heavy atom. The average molecular weight is 426 g/mol. The lowest BCUT2D eigenvalue weighted by molar-refractivity contribution is -0.0906. The van der Waals surface area contributed by atoms with Crippen molar-refractivity contribution >= 4 is 16.9 Å². The topological polar surface area (TPSA) is 56.2 Å². The van der Waals surface area contributed by atoms with Crippen molar-refractivity contribution in [2.45, 2.75) is 40.3 Å². The number of allylic oxidation sites excluding steroid dienone is 6. The van der Waals surface area contributed by atoms with E-state index in [0.717, 1.165) is 30.0 Å². The van der Waals surface area contributed by atoms with E-state index in [-0.39, 0.29) is 11.3 Å². The van der Waals surface area contributed by atoms with Crippen molar-refractivity contribution in [1.29, 1.82) is 0 Å². The zero-order valence-electron chi connectivity index (χ0n) is 18.0. The minimum atomic E-state index is -4.46. The molecule has 0 saturated carbocycles. The number of rotatable bonds is 5. The molecule has 0 amide bonds. The number of imidazole rings is 1. The van der Waals surface area contributed by atoms with Crippen molar-refractivity contribution in [3.8, 4) is 11.3 Å². The van der Waals surface area contributed by atoms with E-state index >= 15 is 0 Å². The largest absolute Gasteiger partial charge is 0.413 e. The summed E-state index contributed by atoms with van der Waals surface area (Å²) in [6.45, 7) is 6.90. The monoisotopic (exact) mass is 426 g/mol. The van der Waals surface area contributed by atoms with Crippen LogP contribution in [-0.4, -0.2) is 20.8 Å². The Hall–Kier alpha value is -3.35. The van der Waals surface area contributed by atoms with E-state index in [9.17, 15) is 13.2 Å². The van der Waals surface area contributed by atoms with Gasteiger partial charge in [0.2, 0.25) is 0 Å². The predicted octanol–water partition coefficient (Wildman–Crippen LogP) is 6.54. The van der Waals surface area contributed by atoms with E-state index in [2.05, 4.69) is 10.1 Å². The lowest BCUT2D eigenvalue weighted by Gasteiger charge is -2.12. The third-order valence-corrected chi connectivity index (χ3v) is 5.20. The molecule has 0 saturated heterocycles. The van der Waals surface area contributed by atoms with Crippen LogP contribution in [0.2, 0.25) is 0 Å². The van der Waals surface area contributed by atoms with Crippen LogP contribution in [0.15, 0.2) is 65.9 Å². The Balaban J connectivity index is 2.08. The number of nitrogens with zero attached hydrogens (tertiary/aromatic N) is 3. The van der Waals surface area contributed by atoms with Crippen LogP contribution in [0, 0.1) is 6.92 Å². The lowest BCUT2D eigenvalue weighted by Crippen LogP contribution is -2.11. The van der Waals surface area contributed by atoms with Gasteiger partial charge in [-0.2, -0.15) is 18.3 Å². The van der Waals surface area contributed by atoms with E-state index in [1.165, 1.54) is 10.6 Å². The number of hydrogen-bond acceptors (Lipinski definition) is 3. The maximum Gasteiger partial charge on any atom is 0.413 e. The highest BCUT2D eigenvalue weighted by Crippen LogP contribution is 2.32. The van der Waals surface area contributed by atoms with Crippen LogP contribution in [0.5, 0.6) is 0 Å². The molecule has 0 spiro atoms. The smallest absolute Gasteiger partial charge is 0.398 e. The van der Waals surface area contributed by atoms with Gasteiger partial charge in [-0.05, 0) is 51.0 Å². The van der Waals surface area contributed by atoms with Gasteiger partial charge in [0, 0.05) is 22.4 Å². The van der Waals surface area contributed by atoms with Crippen molar-refractivity contribution < 1.29 is 13.2 Å². The standard InChI is InChI=1S/C24H25F3N4/c1-5-15(2)7-6-8-19(17(4)24(25,26)27)21-11-12-23-29-22(14-31(23)30-21)18-10-9-16(3)20(28)13-18/h6-14H,5,28H2,1-4H3/b8-6-,15-7+,19-17-. The van der Waals surface area contributed by atoms with Gasteiger partial charge < -0.3 is 5.73 Å². The normalized spacial score (nSPS) is 13.8. The third-order valence-electron chi connectivity index (χ3n) is 5.20. The molecule has 2 aromatic heterocycles. The molecule has 2 heterocycles. The van der Waals surface area contributed by atoms with Gasteiger partial charge >= 0.3 is 6.18 Å². The van der Waals surface area contributed by atoms with Crippen molar-refractivity contribution in [3.63, 3.8) is 0 Å². The molecular formula is C24H25F3N4. The number of hydrogen-bond donors (Lipinski definition) is 1. The second kappa shape index (κ2) is 8.79. The predicted molar refractivity (Wildman–Crippen MR) is 119 cm³/mol. The SMILES string of the molecule is CC/C(C)=C/C=C\C(=C(/C)C(F)(F)F)c1ccc2nc(-c3ccc(C)c(N)c3)cn2n1. The van der Waals surface area contributed by atoms with Gasteiger partial charge in [-0.15, -0.1) is 0 Å². The number of alkyl halides is 3. The molecule has 3 rings (SSSR count). The molecule has 3 aromatic rings. The van der Waals surface area contributed by atoms with Gasteiger partial charge in [-0.3, -0.25) is 0 Å². The van der Waals surface area contributed by atoms with E-state index in [4.69, 9.17) is 5.73 Å². The summed E-state index contributed by atoms with van der Waals surface area (Å²) >= 11 is 0. The molecular weight excluding hydrogens is 401 g/mol. The van der Waals surface area contributed by atoms with Gasteiger partial charge in [0.05, 0.1) is 17.6 Å². The van der Waals surface area contributed by atoms with Gasteiger partial charge in [-0.25, -0.2) is 9.50 Å². The van der Waals surface area contributed by atoms with E-state index in [1.54, 1.807) is 30.5 Å². The second-order valence-corrected chi connectivity index (χ2v) is 7.48. The second-order valence-electron chi connectivity index (χ2n) is 7.48. The molecule has 0 aliphatic carbocycles. The van der Waals surface area contributed by atoms with E-state index < -0.39 is 11.7 Å². The van der Waals surface area contributed by atoms with Gasteiger partial charge in [0.1, 0.15) is 0 Å². The maximum atomic E-state index is 13.5. The Labute approximate surface area is 179 Å². The summed E-state index contributed by atoms with van der Waals surface area (Å²) in [6, 6.07) is 8.84. The zero-order valence-corrected chi connectivity index (χ0v) is 18.0. The molecule has 2 N–H and O–H groups in total. The molecule has 162 valence electrons. The molecule has 4 nitrogen and oxygen atoms in total. The average Bonchev–Trinajstić information content (AvgIpc) is 3.15. The van der Waals surface area contributed by atoms with E-state index in [1.807, 2.05) is 39.0 Å². The molecule has 1 aromatic carbocycles. The number of benzene rings is 1. The van der Waals surface area contributed by atoms with Crippen molar-refractivity contribution in [3.05, 3.63) is 77.2 Å². The molecule has 0 radical (unpaired) electrons. The molecule has 0 aliphatic heterocycles. The molecule has 31 heavy (non-hydrogen) atoms. The number of aromatic nitrogens is 3. The number of fused-ring (bicyclic) bond motifs is 1. The number of nitrogens with two attached hydrogens (primary N) is 1. The Morgan fingerprint density at radius 3 is 2.55 bits per heavy atom. The zero-order chi connectivity index (χ0) is 22.8. The molecule has 0 bridgehead atoms. The summed E-state index contributed by atoms with van der Waals surface area (Å²) in [5.74, 6) is 0. The van der Waals surface area contributed by atoms with Crippen LogP contribution < -0.4 is 5.73 Å². The molecule has 0 aliphatic rings. The summed E-state index contributed by atoms with van der Waals surface area (Å²) in [5.41, 5.74) is 10.2. The summed E-state index contributed by atoms with van der Waals surface area (Å²) in [4.78, 5) is 4.52. The number of aryl methyl sites for hydroxylation is 1. The van der Waals surface area contributed by atoms with Crippen LogP contribution in [0.25, 0.3) is 22.5 Å². The maximum absolute atomic E-state index is 13.5. The molecule has 7 heteroatoms. The van der Waals surface area contributed by atoms with Crippen LogP contribution in [-0.2, 0) is 0 Å². The first kappa shape index (κ1) is 22.3. The summed E-state index contributed by atoms with van der Waals surface area (Å²) in [6.07, 6.45) is 2.94. The molecule has 0 fully saturated rings. The summed E-state index contributed by atoms with van der Waals surface area (Å²) < 4.78 is 41.9. The highest BCUT2D eigenvalue weighted by atomic mass is 19.4. The number of halogens is 3. The fourth-order valence-electron chi connectivity index (χ4n) is 2.95. The van der Waals surface area contributed by atoms with Crippen LogP contribution >= 0.6 is 0 Å². The van der Waals surface area contributed by atoms with Crippen LogP contribution in [0.4, 0.5) is 18.9 Å². The van der Waals surface area contributed by atoms with Crippen molar-refractivity contribution in [1.82, 2.24) is 14.6 Å². The van der Waals surface area contributed by atoms with Gasteiger partial charge in [-0.1, -0.05) is 42.9 Å². The van der Waals surface area contributed by atoms with Crippen LogP contribution in [0.1, 0.15) is 38.4 Å². The van der Waals surface area contributed by atoms with Gasteiger partial charge in [0.15, 0.2) is 5.65 Å². The van der Waals surface area contributed by atoms with Crippen molar-refractivity contribution in [2.75, 3.05) is 5.73 Å². The highest BCUT2D eigenvalue weighted by molar-refractivity contribution is 5.76. The first-order chi connectivity index (χ1) is 14.6. The van der Waals surface area contributed by atoms with Crippen LogP contribution in [0.3, 0.4) is 0 Å². The molecule has 0 unspecified atom stereocenters. The summed E-state index contributed by atoms with van der Waals surface area (Å²) in [7, 11) is 0. The number of nitrogen functional groups attached to an aromatic ring is 1. The number of anilines is 1. The Bertz CT molecular complexity index is 1200. The fraction of sp³-hybridized carbons (Fsp3) is 0.250. The lowest BCUT2D eigenvalue weighted by atomic mass is 10.0. The third kappa shape index (κ3) is 5.05. The first-order valence-corrected chi connectivity index (χ1v) is 9.95. The summed E-state index contributed by atoms with van der Waals surface area (Å²) in [5, 5.41) is 4.41. The van der Waals surface area contributed by atoms with Gasteiger partial charge in [0.25, 0.3) is 0 Å². The first-order valence-electron chi connectivity index (χ1n) is 9.95. The highest BCUT2D eigenvalue weighted by Gasteiger charge is 2.33.